The van der Waals surface area contributed by atoms with Crippen LogP contribution in [0.4, 0.5) is 0 Å². The largest absolute Gasteiger partial charge is 0.289 e. The van der Waals surface area contributed by atoms with Crippen LogP contribution < -0.4 is 5.43 Å². The number of hydrogen-bond donors (Lipinski definition) is 1. The lowest BCUT2D eigenvalue weighted by molar-refractivity contribution is 0.728. The lowest BCUT2D eigenvalue weighted by atomic mass is 10.3. The molecule has 0 aromatic heterocycles. The molecule has 0 fully saturated rings. The van der Waals surface area contributed by atoms with Crippen LogP contribution in [0.3, 0.4) is 0 Å². The van der Waals surface area contributed by atoms with Crippen LogP contribution in [0.1, 0.15) is 0 Å². The van der Waals surface area contributed by atoms with Crippen molar-refractivity contribution in [3.63, 3.8) is 0 Å². The highest BCUT2D eigenvalue weighted by Gasteiger charge is 1.98. The molecule has 8 heavy (non-hydrogen) atoms. The summed E-state index contributed by atoms with van der Waals surface area (Å²) >= 11 is 0. The molecule has 1 heterocycles. The van der Waals surface area contributed by atoms with E-state index in [9.17, 15) is 0 Å². The first-order chi connectivity index (χ1) is 3.93. The number of nitrogens with one attached hydrogen (secondary N) is 1. The van der Waals surface area contributed by atoms with Crippen molar-refractivity contribution in [2.45, 2.75) is 6.04 Å². The van der Waals surface area contributed by atoms with Crippen molar-refractivity contribution in [1.82, 2.24) is 5.43 Å². The monoisotopic (exact) mass is 107 g/mol. The van der Waals surface area contributed by atoms with Gasteiger partial charge in [0.1, 0.15) is 6.04 Å². The van der Waals surface area contributed by atoms with E-state index in [1.54, 1.807) is 18.4 Å². The molecule has 0 aliphatic carbocycles. The van der Waals surface area contributed by atoms with Crippen molar-refractivity contribution in [2.24, 2.45) is 5.10 Å². The van der Waals surface area contributed by atoms with Gasteiger partial charge in [-0.25, -0.2) is 0 Å². The molecule has 0 saturated carbocycles. The van der Waals surface area contributed by atoms with Gasteiger partial charge in [0, 0.05) is 6.21 Å². The van der Waals surface area contributed by atoms with Crippen LogP contribution >= 0.6 is 0 Å². The predicted molar refractivity (Wildman–Crippen MR) is 30.2 cm³/mol. The van der Waals surface area contributed by atoms with Gasteiger partial charge in [-0.05, 0) is 12.2 Å². The highest BCUT2D eigenvalue weighted by Crippen LogP contribution is 1.86. The normalized spacial score (nSPS) is 24.1. The van der Waals surface area contributed by atoms with Crippen molar-refractivity contribution >= 4 is 6.21 Å². The van der Waals surface area contributed by atoms with Crippen molar-refractivity contribution in [1.29, 1.82) is 5.26 Å². The Morgan fingerprint density at radius 2 is 2.62 bits per heavy atom. The smallest absolute Gasteiger partial charge is 0.149 e. The fourth-order valence-corrected chi connectivity index (χ4v) is 0.442. The minimum Gasteiger partial charge on any atom is -0.289 e. The van der Waals surface area contributed by atoms with Crippen LogP contribution in [0.2, 0.25) is 0 Å². The molecular formula is C5H5N3. The number of hydrazone groups is 1. The quantitative estimate of drug-likeness (QED) is 0.474. The van der Waals surface area contributed by atoms with Gasteiger partial charge in [-0.15, -0.1) is 0 Å². The molecule has 1 unspecified atom stereocenters. The number of nitrogens with zero attached hydrogens (tertiary/aromatic N) is 2. The fourth-order valence-electron chi connectivity index (χ4n) is 0.442. The molecule has 3 heteroatoms. The standard InChI is InChI=1S/C5H5N3/c6-4-5-2-1-3-7-8-5/h1-3,5,8H. The first kappa shape index (κ1) is 4.85. The highest BCUT2D eigenvalue weighted by atomic mass is 15.3. The molecule has 1 aliphatic rings. The molecule has 0 saturated heterocycles. The van der Waals surface area contributed by atoms with E-state index in [-0.39, 0.29) is 6.04 Å². The van der Waals surface area contributed by atoms with E-state index in [4.69, 9.17) is 5.26 Å². The van der Waals surface area contributed by atoms with Crippen LogP contribution in [0.15, 0.2) is 17.3 Å². The molecule has 0 bridgehead atoms. The number of nitriles is 1. The first-order valence-corrected chi connectivity index (χ1v) is 2.28. The Hall–Kier alpha value is -1.30. The third-order valence-corrected chi connectivity index (χ3v) is 0.817. The highest BCUT2D eigenvalue weighted by molar-refractivity contribution is 5.71. The minimum atomic E-state index is -0.236. The average Bonchev–Trinajstić information content (AvgIpc) is 1.90. The maximum absolute atomic E-state index is 8.25. The van der Waals surface area contributed by atoms with Crippen LogP contribution in [0.25, 0.3) is 0 Å². The maximum Gasteiger partial charge on any atom is 0.149 e. The molecule has 1 aliphatic heterocycles. The van der Waals surface area contributed by atoms with Crippen LogP contribution in [-0.4, -0.2) is 12.3 Å². The first-order valence-electron chi connectivity index (χ1n) is 2.28. The third-order valence-electron chi connectivity index (χ3n) is 0.817. The van der Waals surface area contributed by atoms with Crippen LogP contribution in [0, 0.1) is 11.3 Å². The number of allylic oxidation sites excluding steroid dienone is 1. The van der Waals surface area contributed by atoms with E-state index in [0.717, 1.165) is 0 Å². The Morgan fingerprint density at radius 3 is 3.00 bits per heavy atom. The molecular weight excluding hydrogens is 102 g/mol. The summed E-state index contributed by atoms with van der Waals surface area (Å²) in [6, 6.07) is 1.76. The van der Waals surface area contributed by atoms with E-state index < -0.39 is 0 Å². The van der Waals surface area contributed by atoms with Crippen LogP contribution in [-0.2, 0) is 0 Å². The Kier molecular flexibility index (Phi) is 1.29. The summed E-state index contributed by atoms with van der Waals surface area (Å²) in [5, 5.41) is 11.9. The predicted octanol–water partition coefficient (Wildman–Crippen LogP) is 0.0238. The van der Waals surface area contributed by atoms with Gasteiger partial charge in [-0.2, -0.15) is 10.4 Å². The van der Waals surface area contributed by atoms with Gasteiger partial charge in [0.15, 0.2) is 0 Å². The van der Waals surface area contributed by atoms with Crippen molar-refractivity contribution < 1.29 is 0 Å². The van der Waals surface area contributed by atoms with E-state index in [1.807, 2.05) is 6.07 Å². The minimum absolute atomic E-state index is 0.236. The Labute approximate surface area is 47.3 Å². The fraction of sp³-hybridized carbons (Fsp3) is 0.200. The molecule has 0 radical (unpaired) electrons. The maximum atomic E-state index is 8.25. The van der Waals surface area contributed by atoms with Gasteiger partial charge in [0.25, 0.3) is 0 Å². The molecule has 0 aromatic carbocycles. The molecule has 1 N–H and O–H groups in total. The zero-order chi connectivity index (χ0) is 5.82. The average molecular weight is 107 g/mol. The summed E-state index contributed by atoms with van der Waals surface area (Å²) in [7, 11) is 0. The van der Waals surface area contributed by atoms with Gasteiger partial charge < -0.3 is 0 Å². The molecule has 1 atom stereocenters. The van der Waals surface area contributed by atoms with E-state index in [2.05, 4.69) is 10.5 Å². The van der Waals surface area contributed by atoms with Gasteiger partial charge in [0.2, 0.25) is 0 Å². The molecule has 0 amide bonds. The Bertz CT molecular complexity index is 163. The molecule has 0 spiro atoms. The topological polar surface area (TPSA) is 48.2 Å². The van der Waals surface area contributed by atoms with Gasteiger partial charge in [0.05, 0.1) is 6.07 Å². The second-order valence-corrected chi connectivity index (χ2v) is 1.40. The summed E-state index contributed by atoms with van der Waals surface area (Å²) in [6.07, 6.45) is 5.09. The molecule has 1 rings (SSSR count). The number of hydrogen-bond acceptors (Lipinski definition) is 3. The summed E-state index contributed by atoms with van der Waals surface area (Å²) < 4.78 is 0. The number of rotatable bonds is 0. The summed E-state index contributed by atoms with van der Waals surface area (Å²) in [6.45, 7) is 0. The lowest BCUT2D eigenvalue weighted by Gasteiger charge is -2.03. The molecule has 40 valence electrons. The van der Waals surface area contributed by atoms with Crippen molar-refractivity contribution in [3.05, 3.63) is 12.2 Å². The lowest BCUT2D eigenvalue weighted by Crippen LogP contribution is -2.21. The van der Waals surface area contributed by atoms with Gasteiger partial charge in [-0.3, -0.25) is 5.43 Å². The van der Waals surface area contributed by atoms with E-state index >= 15 is 0 Å². The molecule has 0 aromatic rings. The summed E-state index contributed by atoms with van der Waals surface area (Å²) in [5.74, 6) is 0. The summed E-state index contributed by atoms with van der Waals surface area (Å²) in [5.41, 5.74) is 2.59. The SMILES string of the molecule is N#CC1C=CC=NN1. The second kappa shape index (κ2) is 2.12. The van der Waals surface area contributed by atoms with Crippen molar-refractivity contribution in [2.75, 3.05) is 0 Å². The zero-order valence-electron chi connectivity index (χ0n) is 4.20. The van der Waals surface area contributed by atoms with Gasteiger partial charge in [-0.1, -0.05) is 0 Å². The van der Waals surface area contributed by atoms with Crippen LogP contribution in [0.5, 0.6) is 0 Å². The Balaban J connectivity index is 2.55. The Morgan fingerprint density at radius 1 is 1.75 bits per heavy atom. The third kappa shape index (κ3) is 0.850. The second-order valence-electron chi connectivity index (χ2n) is 1.40. The zero-order valence-corrected chi connectivity index (χ0v) is 4.20. The molecule has 3 nitrogen and oxygen atoms in total. The van der Waals surface area contributed by atoms with Gasteiger partial charge >= 0.3 is 0 Å². The van der Waals surface area contributed by atoms with Crippen molar-refractivity contribution in [3.8, 4) is 6.07 Å². The van der Waals surface area contributed by atoms with E-state index in [1.165, 1.54) is 0 Å². The summed E-state index contributed by atoms with van der Waals surface area (Å²) in [4.78, 5) is 0. The van der Waals surface area contributed by atoms with E-state index in [0.29, 0.717) is 0 Å².